The standard InChI is InChI=1S/C50H41B/c1-28-24-30(3)49(31(4)25-28)51(50-32(5)26-29(2)27-33(50)6)44-23-17-38-15-21-42-40(19-13-37-16-22-43(44)48(38)47(37)42)39-18-12-36-11-10-34-8-7-9-35-14-20-41(39)46(36)45(34)35/h7-15,17-21,23-27H,16,22H2,1-6H3. The van der Waals surface area contributed by atoms with E-state index in [2.05, 4.69) is 157 Å². The lowest BCUT2D eigenvalue weighted by molar-refractivity contribution is 0.974. The highest BCUT2D eigenvalue weighted by molar-refractivity contribution is 6.97. The summed E-state index contributed by atoms with van der Waals surface area (Å²) in [5.74, 6) is 0. The van der Waals surface area contributed by atoms with Gasteiger partial charge in [0.2, 0.25) is 6.71 Å². The van der Waals surface area contributed by atoms with E-state index in [1.807, 2.05) is 0 Å². The van der Waals surface area contributed by atoms with Gasteiger partial charge in [0.05, 0.1) is 0 Å². The molecule has 10 rings (SSSR count). The van der Waals surface area contributed by atoms with Gasteiger partial charge in [-0.3, -0.25) is 0 Å². The molecule has 1 heteroatoms. The Morgan fingerprint density at radius 1 is 0.412 bits per heavy atom. The Kier molecular flexibility index (Phi) is 6.59. The molecule has 0 N–H and O–H groups in total. The molecule has 0 aliphatic heterocycles. The van der Waals surface area contributed by atoms with Gasteiger partial charge in [-0.05, 0) is 131 Å². The molecule has 0 nitrogen and oxygen atoms in total. The minimum absolute atomic E-state index is 0.170. The molecule has 0 saturated heterocycles. The molecular weight excluding hydrogens is 611 g/mol. The van der Waals surface area contributed by atoms with E-state index in [1.54, 1.807) is 0 Å². The third-order valence-corrected chi connectivity index (χ3v) is 12.2. The maximum atomic E-state index is 2.47. The van der Waals surface area contributed by atoms with Crippen molar-refractivity contribution in [3.05, 3.63) is 160 Å². The van der Waals surface area contributed by atoms with E-state index in [1.165, 1.54) is 126 Å². The predicted molar refractivity (Wildman–Crippen MR) is 224 cm³/mol. The van der Waals surface area contributed by atoms with Crippen molar-refractivity contribution in [1.82, 2.24) is 0 Å². The summed E-state index contributed by atoms with van der Waals surface area (Å²) < 4.78 is 0. The molecule has 51 heavy (non-hydrogen) atoms. The van der Waals surface area contributed by atoms with Gasteiger partial charge in [-0.15, -0.1) is 0 Å². The molecule has 0 saturated carbocycles. The smallest absolute Gasteiger partial charge is 0.0661 e. The van der Waals surface area contributed by atoms with Crippen molar-refractivity contribution in [2.45, 2.75) is 54.4 Å². The van der Waals surface area contributed by atoms with Crippen LogP contribution in [0.1, 0.15) is 44.5 Å². The molecule has 244 valence electrons. The van der Waals surface area contributed by atoms with Gasteiger partial charge in [0.1, 0.15) is 0 Å². The van der Waals surface area contributed by atoms with Crippen molar-refractivity contribution in [3.63, 3.8) is 0 Å². The zero-order chi connectivity index (χ0) is 34.7. The van der Waals surface area contributed by atoms with Gasteiger partial charge in [-0.2, -0.15) is 0 Å². The van der Waals surface area contributed by atoms with Gasteiger partial charge < -0.3 is 0 Å². The van der Waals surface area contributed by atoms with E-state index >= 15 is 0 Å². The fraction of sp³-hybridized carbons (Fsp3) is 0.160. The van der Waals surface area contributed by atoms with Gasteiger partial charge in [0, 0.05) is 0 Å². The lowest BCUT2D eigenvalue weighted by Gasteiger charge is -2.29. The van der Waals surface area contributed by atoms with Crippen molar-refractivity contribution in [3.8, 4) is 11.1 Å². The summed E-state index contributed by atoms with van der Waals surface area (Å²) in [7, 11) is 0. The summed E-state index contributed by atoms with van der Waals surface area (Å²) >= 11 is 0. The first-order valence-corrected chi connectivity index (χ1v) is 18.6. The highest BCUT2D eigenvalue weighted by Gasteiger charge is 2.32. The zero-order valence-corrected chi connectivity index (χ0v) is 30.5. The Bertz CT molecular complexity index is 2800. The highest BCUT2D eigenvalue weighted by Crippen LogP contribution is 2.44. The number of hydrogen-bond donors (Lipinski definition) is 0. The third kappa shape index (κ3) is 4.40. The first kappa shape index (κ1) is 30.4. The summed E-state index contributed by atoms with van der Waals surface area (Å²) in [5.41, 5.74) is 18.3. The van der Waals surface area contributed by atoms with Crippen LogP contribution in [0.5, 0.6) is 0 Å². The second-order valence-corrected chi connectivity index (χ2v) is 15.5. The number of hydrogen-bond acceptors (Lipinski definition) is 0. The van der Waals surface area contributed by atoms with E-state index in [0.29, 0.717) is 0 Å². The van der Waals surface area contributed by atoms with Crippen LogP contribution in [-0.4, -0.2) is 6.71 Å². The summed E-state index contributed by atoms with van der Waals surface area (Å²) in [6.07, 6.45) is 2.12. The molecule has 0 aromatic heterocycles. The number of aryl methyl sites for hydroxylation is 8. The molecule has 0 amide bonds. The molecule has 0 atom stereocenters. The molecule has 1 aliphatic carbocycles. The van der Waals surface area contributed by atoms with E-state index in [4.69, 9.17) is 0 Å². The summed E-state index contributed by atoms with van der Waals surface area (Å²) in [6.45, 7) is 13.9. The molecule has 0 fully saturated rings. The summed E-state index contributed by atoms with van der Waals surface area (Å²) in [5, 5.41) is 13.7. The third-order valence-electron chi connectivity index (χ3n) is 12.2. The Hall–Kier alpha value is -5.40. The van der Waals surface area contributed by atoms with Crippen LogP contribution in [0.2, 0.25) is 0 Å². The van der Waals surface area contributed by atoms with E-state index in [-0.39, 0.29) is 6.71 Å². The van der Waals surface area contributed by atoms with Crippen molar-refractivity contribution in [2.75, 3.05) is 0 Å². The van der Waals surface area contributed by atoms with E-state index < -0.39 is 0 Å². The minimum Gasteiger partial charge on any atom is -0.0661 e. The average Bonchev–Trinajstić information content (AvgIpc) is 3.11. The van der Waals surface area contributed by atoms with Crippen LogP contribution in [-0.2, 0) is 12.8 Å². The molecule has 0 bridgehead atoms. The SMILES string of the molecule is Cc1cc(C)c(B(c2ccc3ccc4c(-c5ccc6ccc7cccc8ccc5c6c78)ccc5c4c3c2CC5)c2c(C)cc(C)cc2C)c(C)c1. The van der Waals surface area contributed by atoms with Crippen molar-refractivity contribution < 1.29 is 0 Å². The minimum atomic E-state index is 0.170. The Morgan fingerprint density at radius 2 is 0.882 bits per heavy atom. The lowest BCUT2D eigenvalue weighted by atomic mass is 9.33. The first-order chi connectivity index (χ1) is 24.8. The molecule has 9 aromatic rings. The molecule has 0 radical (unpaired) electrons. The molecule has 0 heterocycles. The topological polar surface area (TPSA) is 0 Å². The maximum Gasteiger partial charge on any atom is 0.242 e. The van der Waals surface area contributed by atoms with Crippen molar-refractivity contribution >= 4 is 77.0 Å². The fourth-order valence-electron chi connectivity index (χ4n) is 10.4. The first-order valence-electron chi connectivity index (χ1n) is 18.6. The quantitative estimate of drug-likeness (QED) is 0.131. The summed E-state index contributed by atoms with van der Waals surface area (Å²) in [6, 6.07) is 44.7. The van der Waals surface area contributed by atoms with Crippen molar-refractivity contribution in [1.29, 1.82) is 0 Å². The van der Waals surface area contributed by atoms with Gasteiger partial charge in [-0.1, -0.05) is 165 Å². The molecule has 9 aromatic carbocycles. The van der Waals surface area contributed by atoms with Gasteiger partial charge in [-0.25, -0.2) is 0 Å². The normalized spacial score (nSPS) is 12.7. The maximum absolute atomic E-state index is 2.47. The molecule has 0 unspecified atom stereocenters. The van der Waals surface area contributed by atoms with E-state index in [0.717, 1.165) is 12.8 Å². The second-order valence-electron chi connectivity index (χ2n) is 15.5. The fourth-order valence-corrected chi connectivity index (χ4v) is 10.4. The van der Waals surface area contributed by atoms with Crippen LogP contribution in [0.15, 0.2) is 115 Å². The second kappa shape index (κ2) is 11.1. The van der Waals surface area contributed by atoms with Crippen molar-refractivity contribution in [2.24, 2.45) is 0 Å². The molecule has 0 spiro atoms. The van der Waals surface area contributed by atoms with Crippen LogP contribution >= 0.6 is 0 Å². The largest absolute Gasteiger partial charge is 0.242 e. The lowest BCUT2D eigenvalue weighted by Crippen LogP contribution is -2.57. The van der Waals surface area contributed by atoms with Crippen LogP contribution in [0.25, 0.3) is 65.0 Å². The molecule has 1 aliphatic rings. The Labute approximate surface area is 301 Å². The monoisotopic (exact) mass is 652 g/mol. The molecular formula is C50H41B. The Balaban J connectivity index is 1.28. The highest BCUT2D eigenvalue weighted by atomic mass is 14.2. The number of rotatable bonds is 4. The van der Waals surface area contributed by atoms with Crippen LogP contribution < -0.4 is 16.4 Å². The van der Waals surface area contributed by atoms with E-state index in [9.17, 15) is 0 Å². The van der Waals surface area contributed by atoms with Crippen LogP contribution in [0.3, 0.4) is 0 Å². The van der Waals surface area contributed by atoms with Crippen LogP contribution in [0.4, 0.5) is 0 Å². The van der Waals surface area contributed by atoms with Crippen LogP contribution in [0, 0.1) is 41.5 Å². The number of benzene rings is 9. The zero-order valence-electron chi connectivity index (χ0n) is 30.5. The Morgan fingerprint density at radius 3 is 1.49 bits per heavy atom. The van der Waals surface area contributed by atoms with Gasteiger partial charge in [0.25, 0.3) is 0 Å². The summed E-state index contributed by atoms with van der Waals surface area (Å²) in [4.78, 5) is 0. The predicted octanol–water partition coefficient (Wildman–Crippen LogP) is 11.0. The van der Waals surface area contributed by atoms with Gasteiger partial charge in [0.15, 0.2) is 0 Å². The average molecular weight is 653 g/mol. The van der Waals surface area contributed by atoms with Gasteiger partial charge >= 0.3 is 0 Å².